The largest absolute Gasteiger partial charge is 0.390 e. The van der Waals surface area contributed by atoms with Crippen molar-refractivity contribution in [1.29, 1.82) is 0 Å². The van der Waals surface area contributed by atoms with E-state index in [-0.39, 0.29) is 24.2 Å². The van der Waals surface area contributed by atoms with E-state index >= 15 is 0 Å². The van der Waals surface area contributed by atoms with Gasteiger partial charge in [0, 0.05) is 17.9 Å². The molecule has 1 N–H and O–H groups in total. The minimum Gasteiger partial charge on any atom is -0.390 e. The lowest BCUT2D eigenvalue weighted by atomic mass is 9.85. The first kappa shape index (κ1) is 16.7. The van der Waals surface area contributed by atoms with Crippen LogP contribution in [0.5, 0.6) is 0 Å². The minimum atomic E-state index is -0.559. The molecule has 6 atom stereocenters. The Balaban J connectivity index is 1.46. The van der Waals surface area contributed by atoms with E-state index in [2.05, 4.69) is 12.1 Å². The first-order valence-electron chi connectivity index (χ1n) is 8.92. The molecule has 0 amide bonds. The molecule has 4 rings (SSSR count). The molecule has 0 aromatic heterocycles. The van der Waals surface area contributed by atoms with Gasteiger partial charge in [0.05, 0.1) is 24.9 Å². The van der Waals surface area contributed by atoms with Gasteiger partial charge in [-0.05, 0) is 5.56 Å². The van der Waals surface area contributed by atoms with Crippen molar-refractivity contribution in [3.63, 3.8) is 0 Å². The van der Waals surface area contributed by atoms with Gasteiger partial charge in [-0.1, -0.05) is 67.6 Å². The molecule has 0 saturated carbocycles. The van der Waals surface area contributed by atoms with Gasteiger partial charge in [0.25, 0.3) is 0 Å². The predicted octanol–water partition coefficient (Wildman–Crippen LogP) is 3.11. The number of aliphatic hydroxyl groups excluding tert-OH is 1. The quantitative estimate of drug-likeness (QED) is 0.933. The molecule has 2 aliphatic heterocycles. The molecule has 0 spiro atoms. The molecule has 0 bridgehead atoms. The van der Waals surface area contributed by atoms with Crippen molar-refractivity contribution in [3.8, 4) is 0 Å². The minimum absolute atomic E-state index is 0.0115. The summed E-state index contributed by atoms with van der Waals surface area (Å²) in [5.41, 5.74) is 2.16. The van der Waals surface area contributed by atoms with Crippen LogP contribution in [-0.4, -0.2) is 36.1 Å². The van der Waals surface area contributed by atoms with E-state index in [1.54, 1.807) is 0 Å². The highest BCUT2D eigenvalue weighted by Gasteiger charge is 2.47. The van der Waals surface area contributed by atoms with Crippen molar-refractivity contribution in [3.05, 3.63) is 71.8 Å². The normalized spacial score (nSPS) is 35.1. The van der Waals surface area contributed by atoms with Crippen molar-refractivity contribution in [2.75, 3.05) is 6.61 Å². The van der Waals surface area contributed by atoms with Crippen LogP contribution in [0.25, 0.3) is 0 Å². The molecule has 2 heterocycles. The van der Waals surface area contributed by atoms with Gasteiger partial charge in [-0.2, -0.15) is 0 Å². The molecule has 2 aliphatic rings. The summed E-state index contributed by atoms with van der Waals surface area (Å²) in [7, 11) is 0. The van der Waals surface area contributed by atoms with Crippen molar-refractivity contribution >= 4 is 0 Å². The van der Waals surface area contributed by atoms with E-state index in [1.165, 1.54) is 0 Å². The van der Waals surface area contributed by atoms with Crippen molar-refractivity contribution in [2.24, 2.45) is 5.92 Å². The van der Waals surface area contributed by atoms with E-state index in [0.29, 0.717) is 13.0 Å². The van der Waals surface area contributed by atoms with E-state index < -0.39 is 12.4 Å². The zero-order valence-electron chi connectivity index (χ0n) is 14.3. The lowest BCUT2D eigenvalue weighted by Crippen LogP contribution is -2.58. The number of aliphatic hydroxyl groups is 1. The van der Waals surface area contributed by atoms with Gasteiger partial charge in [0.1, 0.15) is 6.10 Å². The van der Waals surface area contributed by atoms with Crippen LogP contribution in [-0.2, 0) is 20.6 Å². The molecule has 2 aromatic carbocycles. The summed E-state index contributed by atoms with van der Waals surface area (Å²) in [4.78, 5) is 0. The van der Waals surface area contributed by atoms with Gasteiger partial charge in [-0.3, -0.25) is 0 Å². The third-order valence-electron chi connectivity index (χ3n) is 5.20. The summed E-state index contributed by atoms with van der Waals surface area (Å²) >= 11 is 0. The average molecular weight is 340 g/mol. The van der Waals surface area contributed by atoms with Crippen LogP contribution in [0.2, 0.25) is 0 Å². The van der Waals surface area contributed by atoms with Crippen LogP contribution in [0.15, 0.2) is 60.7 Å². The summed E-state index contributed by atoms with van der Waals surface area (Å²) in [6.07, 6.45) is -0.813. The van der Waals surface area contributed by atoms with Gasteiger partial charge in [0.15, 0.2) is 6.29 Å². The third-order valence-corrected chi connectivity index (χ3v) is 5.20. The first-order valence-corrected chi connectivity index (χ1v) is 8.92. The highest BCUT2D eigenvalue weighted by Crippen LogP contribution is 2.37. The molecular weight excluding hydrogens is 316 g/mol. The Morgan fingerprint density at radius 1 is 0.960 bits per heavy atom. The molecule has 4 heteroatoms. The fourth-order valence-electron chi connectivity index (χ4n) is 3.76. The van der Waals surface area contributed by atoms with Gasteiger partial charge >= 0.3 is 0 Å². The monoisotopic (exact) mass is 340 g/mol. The lowest BCUT2D eigenvalue weighted by molar-refractivity contribution is -0.317. The summed E-state index contributed by atoms with van der Waals surface area (Å²) in [6.45, 7) is 2.52. The Morgan fingerprint density at radius 3 is 2.36 bits per heavy atom. The second-order valence-electron chi connectivity index (χ2n) is 6.93. The van der Waals surface area contributed by atoms with Gasteiger partial charge in [-0.25, -0.2) is 0 Å². The average Bonchev–Trinajstić information content (AvgIpc) is 2.67. The molecule has 25 heavy (non-hydrogen) atoms. The molecule has 4 nitrogen and oxygen atoms in total. The molecular formula is C21H24O4. The van der Waals surface area contributed by atoms with E-state index in [4.69, 9.17) is 14.2 Å². The van der Waals surface area contributed by atoms with E-state index in [0.717, 1.165) is 11.1 Å². The molecule has 2 saturated heterocycles. The van der Waals surface area contributed by atoms with Crippen LogP contribution >= 0.6 is 0 Å². The number of hydrogen-bond acceptors (Lipinski definition) is 4. The van der Waals surface area contributed by atoms with Gasteiger partial charge < -0.3 is 19.3 Å². The zero-order chi connectivity index (χ0) is 17.2. The summed E-state index contributed by atoms with van der Waals surface area (Å²) in [6, 6.07) is 20.0. The van der Waals surface area contributed by atoms with Crippen molar-refractivity contribution < 1.29 is 19.3 Å². The maximum Gasteiger partial charge on any atom is 0.184 e. The van der Waals surface area contributed by atoms with Gasteiger partial charge in [-0.15, -0.1) is 0 Å². The number of rotatable bonds is 3. The first-order chi connectivity index (χ1) is 12.2. The highest BCUT2D eigenvalue weighted by atomic mass is 16.7. The Hall–Kier alpha value is -1.72. The Bertz CT molecular complexity index is 673. The van der Waals surface area contributed by atoms with Crippen molar-refractivity contribution in [1.82, 2.24) is 0 Å². The molecule has 0 unspecified atom stereocenters. The summed E-state index contributed by atoms with van der Waals surface area (Å²) < 4.78 is 18.2. The smallest absolute Gasteiger partial charge is 0.184 e. The lowest BCUT2D eigenvalue weighted by Gasteiger charge is -2.47. The number of fused-ring (bicyclic) bond motifs is 1. The van der Waals surface area contributed by atoms with E-state index in [1.807, 2.05) is 55.5 Å². The Labute approximate surface area is 148 Å². The van der Waals surface area contributed by atoms with Crippen LogP contribution in [0.1, 0.15) is 24.3 Å². The highest BCUT2D eigenvalue weighted by molar-refractivity contribution is 5.18. The van der Waals surface area contributed by atoms with Crippen LogP contribution < -0.4 is 0 Å². The second-order valence-corrected chi connectivity index (χ2v) is 6.93. The number of benzene rings is 2. The predicted molar refractivity (Wildman–Crippen MR) is 94.0 cm³/mol. The molecule has 2 aromatic rings. The maximum atomic E-state index is 10.7. The Morgan fingerprint density at radius 2 is 1.64 bits per heavy atom. The SMILES string of the molecule is C[C@@H]1[C@@H](O)[C@H](Cc2ccccc2)O[C@@H]2CO[C@@H](c3ccccc3)O[C@@H]12. The van der Waals surface area contributed by atoms with Crippen LogP contribution in [0, 0.1) is 5.92 Å². The fraction of sp³-hybridized carbons (Fsp3) is 0.429. The van der Waals surface area contributed by atoms with Crippen molar-refractivity contribution in [2.45, 2.75) is 44.1 Å². The maximum absolute atomic E-state index is 10.7. The standard InChI is InChI=1S/C21H24O4/c1-14-19(22)17(12-15-8-4-2-5-9-15)24-18-13-23-21(25-20(14)18)16-10-6-3-7-11-16/h2-11,14,17-22H,12-13H2,1H3/t14-,17+,18-,19-,20+,21-/m1/s1. The molecule has 0 aliphatic carbocycles. The number of ether oxygens (including phenoxy) is 3. The Kier molecular flexibility index (Phi) is 4.86. The molecule has 0 radical (unpaired) electrons. The molecule has 2 fully saturated rings. The third kappa shape index (κ3) is 3.48. The van der Waals surface area contributed by atoms with E-state index in [9.17, 15) is 5.11 Å². The van der Waals surface area contributed by atoms with Crippen LogP contribution in [0.4, 0.5) is 0 Å². The van der Waals surface area contributed by atoms with Crippen LogP contribution in [0.3, 0.4) is 0 Å². The number of hydrogen-bond donors (Lipinski definition) is 1. The molecule has 132 valence electrons. The second kappa shape index (κ2) is 7.26. The summed E-state index contributed by atoms with van der Waals surface area (Å²) in [5.74, 6) is -0.0115. The topological polar surface area (TPSA) is 47.9 Å². The summed E-state index contributed by atoms with van der Waals surface area (Å²) in [5, 5.41) is 10.7. The van der Waals surface area contributed by atoms with Gasteiger partial charge in [0.2, 0.25) is 0 Å². The fourth-order valence-corrected chi connectivity index (χ4v) is 3.76. The zero-order valence-corrected chi connectivity index (χ0v) is 14.3.